The molecule has 0 saturated carbocycles. The highest BCUT2D eigenvalue weighted by atomic mass is 32.2. The summed E-state index contributed by atoms with van der Waals surface area (Å²) in [5.74, 6) is -2.51. The quantitative estimate of drug-likeness (QED) is 0.0348. The van der Waals surface area contributed by atoms with Crippen molar-refractivity contribution in [1.29, 1.82) is 5.53 Å². The van der Waals surface area contributed by atoms with E-state index in [9.17, 15) is 28.5 Å². The zero-order chi connectivity index (χ0) is 27.8. The van der Waals surface area contributed by atoms with E-state index in [1.54, 1.807) is 27.7 Å². The largest absolute Gasteiger partial charge is 0.596 e. The summed E-state index contributed by atoms with van der Waals surface area (Å²) in [6.45, 7) is 8.15. The summed E-state index contributed by atoms with van der Waals surface area (Å²) in [6, 6.07) is -2.79. The molecular formula is C21H38N7O7S+. The predicted molar refractivity (Wildman–Crippen MR) is 131 cm³/mol. The molecule has 0 rings (SSSR count). The molecule has 15 heteroatoms. The molecule has 36 heavy (non-hydrogen) atoms. The molecule has 204 valence electrons. The van der Waals surface area contributed by atoms with Crippen molar-refractivity contribution in [3.8, 4) is 0 Å². The Kier molecular flexibility index (Phi) is 16.0. The molecule has 4 atom stereocenters. The Balaban J connectivity index is 5.67. The number of nitrogens with one attached hydrogen (secondary N) is 5. The first-order valence-corrected chi connectivity index (χ1v) is 12.7. The summed E-state index contributed by atoms with van der Waals surface area (Å²) in [5.41, 5.74) is 11.8. The third kappa shape index (κ3) is 14.4. The molecular weight excluding hydrogens is 494 g/mol. The van der Waals surface area contributed by atoms with E-state index in [1.807, 2.05) is 0 Å². The lowest BCUT2D eigenvalue weighted by Crippen LogP contribution is -2.56. The maximum absolute atomic E-state index is 13.2. The van der Waals surface area contributed by atoms with Gasteiger partial charge in [-0.25, -0.2) is 4.79 Å². The monoisotopic (exact) mass is 532 g/mol. The summed E-state index contributed by atoms with van der Waals surface area (Å²) < 4.78 is 21.0. The van der Waals surface area contributed by atoms with Crippen LogP contribution >= 0.6 is 0 Å². The number of ether oxygens (including phenoxy) is 1. The van der Waals surface area contributed by atoms with Crippen molar-refractivity contribution in [2.45, 2.75) is 83.9 Å². The van der Waals surface area contributed by atoms with Crippen molar-refractivity contribution in [2.24, 2.45) is 11.7 Å². The van der Waals surface area contributed by atoms with Crippen molar-refractivity contribution in [3.63, 3.8) is 0 Å². The first kappa shape index (κ1) is 33.0. The Hall–Kier alpha value is -3.00. The number of hydrogen-bond donors (Lipinski definition) is 6. The van der Waals surface area contributed by atoms with Crippen molar-refractivity contribution in [2.75, 3.05) is 6.54 Å². The number of esters is 1. The number of amides is 4. The second kappa shape index (κ2) is 17.4. The smallest absolute Gasteiger partial charge is 0.372 e. The highest BCUT2D eigenvalue weighted by Crippen LogP contribution is 2.12. The molecule has 0 aromatic carbocycles. The van der Waals surface area contributed by atoms with E-state index in [4.69, 9.17) is 16.0 Å². The molecule has 7 N–H and O–H groups in total. The van der Waals surface area contributed by atoms with E-state index in [2.05, 4.69) is 25.5 Å². The van der Waals surface area contributed by atoms with Crippen molar-refractivity contribution in [3.05, 3.63) is 0 Å². The van der Waals surface area contributed by atoms with Gasteiger partial charge in [-0.2, -0.15) is 0 Å². The van der Waals surface area contributed by atoms with Gasteiger partial charge in [0.05, 0.1) is 27.8 Å². The predicted octanol–water partition coefficient (Wildman–Crippen LogP) is -0.729. The summed E-state index contributed by atoms with van der Waals surface area (Å²) in [5, 5.41) is 6.55. The molecule has 1 unspecified atom stereocenters. The van der Waals surface area contributed by atoms with Gasteiger partial charge in [-0.15, -0.1) is 4.72 Å². The van der Waals surface area contributed by atoms with Crippen LogP contribution in [-0.2, 0) is 35.3 Å². The fraction of sp³-hybridized carbons (Fsp3) is 0.714. The van der Waals surface area contributed by atoms with E-state index >= 15 is 0 Å². The van der Waals surface area contributed by atoms with Gasteiger partial charge in [0.2, 0.25) is 23.0 Å². The van der Waals surface area contributed by atoms with Gasteiger partial charge >= 0.3 is 18.2 Å². The van der Waals surface area contributed by atoms with Crippen LogP contribution in [0.3, 0.4) is 0 Å². The summed E-state index contributed by atoms with van der Waals surface area (Å²) >= 11 is -2.04. The van der Waals surface area contributed by atoms with Crippen LogP contribution in [0.15, 0.2) is 0 Å². The first-order chi connectivity index (χ1) is 16.8. The average molecular weight is 533 g/mol. The molecule has 0 fully saturated rings. The van der Waals surface area contributed by atoms with Gasteiger partial charge in [-0.05, 0) is 32.6 Å². The second-order valence-corrected chi connectivity index (χ2v) is 9.97. The van der Waals surface area contributed by atoms with Crippen LogP contribution < -0.4 is 26.4 Å². The number of carbonyl (C=O) groups excluding carboxylic acids is 5. The Labute approximate surface area is 213 Å². The number of hydrogen-bond acceptors (Lipinski definition) is 9. The number of ketones is 1. The zero-order valence-electron chi connectivity index (χ0n) is 21.3. The lowest BCUT2D eigenvalue weighted by Gasteiger charge is -2.28. The normalized spacial score (nSPS) is 14.1. The lowest BCUT2D eigenvalue weighted by atomic mass is 10.0. The third-order valence-corrected chi connectivity index (χ3v) is 5.98. The van der Waals surface area contributed by atoms with E-state index in [-0.39, 0.29) is 38.1 Å². The fourth-order valence-corrected chi connectivity index (χ4v) is 4.18. The first-order valence-electron chi connectivity index (χ1n) is 11.5. The molecule has 0 heterocycles. The molecule has 0 aromatic heterocycles. The van der Waals surface area contributed by atoms with Crippen LogP contribution in [0.4, 0.5) is 4.79 Å². The van der Waals surface area contributed by atoms with Gasteiger partial charge in [0, 0.05) is 26.3 Å². The van der Waals surface area contributed by atoms with Gasteiger partial charge in [0.1, 0.15) is 6.04 Å². The maximum Gasteiger partial charge on any atom is 0.372 e. The molecule has 0 saturated heterocycles. The third-order valence-electron chi connectivity index (χ3n) is 4.59. The molecule has 0 aliphatic rings. The molecule has 0 aromatic rings. The molecule has 0 aliphatic carbocycles. The number of Topliss-reactive ketones (excluding diaryl/α,β-unsaturated/α-hetero) is 1. The van der Waals surface area contributed by atoms with Crippen LogP contribution in [-0.4, -0.2) is 75.3 Å². The van der Waals surface area contributed by atoms with Crippen LogP contribution in [0.1, 0.15) is 60.3 Å². The topological polar surface area (TPSA) is 230 Å². The van der Waals surface area contributed by atoms with Gasteiger partial charge in [-0.1, -0.05) is 13.8 Å². The van der Waals surface area contributed by atoms with Gasteiger partial charge in [-0.3, -0.25) is 19.2 Å². The number of carbonyl (C=O) groups is 5. The molecule has 0 bridgehead atoms. The Morgan fingerprint density at radius 2 is 1.75 bits per heavy atom. The fourth-order valence-electron chi connectivity index (χ4n) is 2.92. The van der Waals surface area contributed by atoms with Gasteiger partial charge in [0.15, 0.2) is 6.04 Å². The Morgan fingerprint density at radius 1 is 1.11 bits per heavy atom. The van der Waals surface area contributed by atoms with Crippen LogP contribution in [0.5, 0.6) is 0 Å². The molecule has 0 radical (unpaired) electrons. The maximum atomic E-state index is 13.2. The summed E-state index contributed by atoms with van der Waals surface area (Å²) in [6.07, 6.45) is 0.472. The van der Waals surface area contributed by atoms with Crippen LogP contribution in [0.25, 0.3) is 0 Å². The SMILES string of the molecule is CC(=O)N[C@H](C(=O)N[C@@H](CCCNC(N)=O)[S+]([O-])N[C@@H](CCC(=O)C=[N+]=N)C(=O)OC(C)C)C(C)C. The molecule has 0 aliphatic heterocycles. The standard InChI is InChI=1S/C21H37N7O7S/c1-12(2)18(26-14(5)29)19(31)27-17(7-6-10-24-21(22)33)36(34)28-16(20(32)35-13(3)4)9-8-15(30)11-25-23/h11-13,16-18,23,28H,6-10H2,1-5H3,(H4-,22,24,26,27,29,31,33)/p+1/t16-,17+,18-,36?/m0/s1. The van der Waals surface area contributed by atoms with Crippen molar-refractivity contribution < 1.29 is 38.1 Å². The van der Waals surface area contributed by atoms with Crippen molar-refractivity contribution in [1.82, 2.24) is 20.7 Å². The summed E-state index contributed by atoms with van der Waals surface area (Å²) in [4.78, 5) is 62.5. The van der Waals surface area contributed by atoms with Gasteiger partial charge in [0.25, 0.3) is 0 Å². The second-order valence-electron chi connectivity index (χ2n) is 8.57. The van der Waals surface area contributed by atoms with E-state index in [1.165, 1.54) is 6.92 Å². The van der Waals surface area contributed by atoms with Gasteiger partial charge < -0.3 is 31.0 Å². The van der Waals surface area contributed by atoms with E-state index in [0.717, 1.165) is 6.21 Å². The Morgan fingerprint density at radius 3 is 2.25 bits per heavy atom. The number of urea groups is 1. The van der Waals surface area contributed by atoms with Crippen LogP contribution in [0.2, 0.25) is 0 Å². The zero-order valence-corrected chi connectivity index (χ0v) is 22.1. The number of rotatable bonds is 17. The molecule has 0 spiro atoms. The molecule has 14 nitrogen and oxygen atoms in total. The van der Waals surface area contributed by atoms with Crippen LogP contribution in [0, 0.1) is 11.4 Å². The lowest BCUT2D eigenvalue weighted by molar-refractivity contribution is -0.149. The minimum Gasteiger partial charge on any atom is -0.596 e. The van der Waals surface area contributed by atoms with Crippen molar-refractivity contribution >= 4 is 47.2 Å². The van der Waals surface area contributed by atoms with E-state index < -0.39 is 64.5 Å². The van der Waals surface area contributed by atoms with E-state index in [0.29, 0.717) is 0 Å². The molecule has 4 amide bonds. The number of primary amides is 1. The summed E-state index contributed by atoms with van der Waals surface area (Å²) in [7, 11) is 0. The minimum absolute atomic E-state index is 0.0907. The highest BCUT2D eigenvalue weighted by Gasteiger charge is 2.34. The average Bonchev–Trinajstić information content (AvgIpc) is 2.75. The Bertz CT molecular complexity index is 818. The minimum atomic E-state index is -2.04. The highest BCUT2D eigenvalue weighted by molar-refractivity contribution is 7.90. The number of nitrogens with two attached hydrogens (primary N) is 1. The number of nitrogens with zero attached hydrogens (tertiary/aromatic N) is 1.